The second-order valence-electron chi connectivity index (χ2n) is 15.7. The van der Waals surface area contributed by atoms with Crippen molar-refractivity contribution in [3.8, 4) is 0 Å². The number of ether oxygens (including phenoxy) is 2. The molecule has 10 heteroatoms. The van der Waals surface area contributed by atoms with Crippen molar-refractivity contribution in [3.63, 3.8) is 0 Å². The van der Waals surface area contributed by atoms with Crippen molar-refractivity contribution >= 4 is 19.8 Å². The number of hydrogen-bond acceptors (Lipinski definition) is 7. The summed E-state index contributed by atoms with van der Waals surface area (Å²) in [5.74, 6) is -0.915. The average Bonchev–Trinajstić information content (AvgIpc) is 3.20. The Bertz CT molecular complexity index is 1380. The van der Waals surface area contributed by atoms with Gasteiger partial charge in [-0.3, -0.25) is 18.6 Å². The molecule has 0 radical (unpaired) electrons. The molecule has 0 heterocycles. The molecule has 0 aliphatic heterocycles. The van der Waals surface area contributed by atoms with Gasteiger partial charge < -0.3 is 18.9 Å². The average molecular weight is 857 g/mol. The van der Waals surface area contributed by atoms with Gasteiger partial charge in [0.1, 0.15) is 19.8 Å². The van der Waals surface area contributed by atoms with Crippen LogP contribution in [0.15, 0.2) is 109 Å². The fraction of sp³-hybridized carbons (Fsp3) is 0.600. The van der Waals surface area contributed by atoms with Crippen LogP contribution in [0.5, 0.6) is 0 Å². The number of nitrogens with zero attached hydrogens (tertiary/aromatic N) is 1. The first-order valence-corrected chi connectivity index (χ1v) is 24.1. The highest BCUT2D eigenvalue weighted by Gasteiger charge is 2.27. The molecule has 0 aromatic heterocycles. The molecule has 0 amide bonds. The van der Waals surface area contributed by atoms with Crippen LogP contribution in [0.4, 0.5) is 0 Å². The predicted octanol–water partition coefficient (Wildman–Crippen LogP) is 13.1. The van der Waals surface area contributed by atoms with Gasteiger partial charge in [0.15, 0.2) is 6.10 Å². The van der Waals surface area contributed by atoms with E-state index < -0.39 is 32.5 Å². The maximum atomic E-state index is 12.7. The number of quaternary nitrogens is 1. The Morgan fingerprint density at radius 2 is 0.967 bits per heavy atom. The summed E-state index contributed by atoms with van der Waals surface area (Å²) < 4.78 is 34.2. The lowest BCUT2D eigenvalue weighted by Gasteiger charge is -2.24. The van der Waals surface area contributed by atoms with E-state index in [-0.39, 0.29) is 26.1 Å². The molecule has 0 saturated heterocycles. The zero-order valence-corrected chi connectivity index (χ0v) is 39.0. The smallest absolute Gasteiger partial charge is 0.462 e. The van der Waals surface area contributed by atoms with Gasteiger partial charge in [-0.2, -0.15) is 0 Å². The van der Waals surface area contributed by atoms with Crippen molar-refractivity contribution in [2.45, 2.75) is 148 Å². The monoisotopic (exact) mass is 857 g/mol. The van der Waals surface area contributed by atoms with Gasteiger partial charge in [-0.05, 0) is 96.3 Å². The number of unbranched alkanes of at least 4 members (excludes halogenated alkanes) is 7. The summed E-state index contributed by atoms with van der Waals surface area (Å²) in [5.41, 5.74) is 0. The van der Waals surface area contributed by atoms with Crippen LogP contribution in [0.1, 0.15) is 142 Å². The normalized spacial score (nSPS) is 14.6. The number of likely N-dealkylation sites (N-methyl/N-ethyl adjacent to an activating group) is 1. The SMILES string of the molecule is CC/C=C/C/C=C/C/C=C/C/C=C/C/C=C/CCCCCC(=O)O[C@H](COC(=O)CCC/C=C/C/C=C/C/C=C/C/C=C/CCCCC)COP(=O)(O)OCC[N+](C)(C)C. The molecule has 0 spiro atoms. The number of esters is 2. The molecule has 0 saturated carbocycles. The van der Waals surface area contributed by atoms with Gasteiger partial charge in [0.25, 0.3) is 0 Å². The summed E-state index contributed by atoms with van der Waals surface area (Å²) in [6.07, 6.45) is 55.7. The number of carbonyl (C=O) groups is 2. The largest absolute Gasteiger partial charge is 0.472 e. The van der Waals surface area contributed by atoms with Crippen molar-refractivity contribution < 1.29 is 42.1 Å². The summed E-state index contributed by atoms with van der Waals surface area (Å²) >= 11 is 0. The van der Waals surface area contributed by atoms with Crippen molar-refractivity contribution in [2.24, 2.45) is 0 Å². The molecule has 9 nitrogen and oxygen atoms in total. The first-order valence-electron chi connectivity index (χ1n) is 22.6. The number of hydrogen-bond donors (Lipinski definition) is 1. The van der Waals surface area contributed by atoms with Crippen LogP contribution in [-0.2, 0) is 32.7 Å². The molecule has 0 aromatic carbocycles. The summed E-state index contributed by atoms with van der Waals surface area (Å²) in [6.45, 7) is 4.14. The van der Waals surface area contributed by atoms with E-state index in [1.807, 2.05) is 21.1 Å². The Morgan fingerprint density at radius 3 is 1.43 bits per heavy atom. The molecule has 0 aromatic rings. The Kier molecular flexibility index (Phi) is 38.8. The van der Waals surface area contributed by atoms with Crippen LogP contribution in [0, 0.1) is 0 Å². The van der Waals surface area contributed by atoms with E-state index in [0.717, 1.165) is 77.0 Å². The predicted molar refractivity (Wildman–Crippen MR) is 251 cm³/mol. The van der Waals surface area contributed by atoms with E-state index >= 15 is 0 Å². The molecule has 0 bridgehead atoms. The quantitative estimate of drug-likeness (QED) is 0.0214. The summed E-state index contributed by atoms with van der Waals surface area (Å²) in [5, 5.41) is 0. The van der Waals surface area contributed by atoms with Crippen LogP contribution >= 0.6 is 7.82 Å². The maximum Gasteiger partial charge on any atom is 0.472 e. The van der Waals surface area contributed by atoms with Crippen LogP contribution in [-0.4, -0.2) is 74.9 Å². The fourth-order valence-corrected chi connectivity index (χ4v) is 6.01. The van der Waals surface area contributed by atoms with Gasteiger partial charge in [0.2, 0.25) is 0 Å². The minimum atomic E-state index is -4.41. The highest BCUT2D eigenvalue weighted by molar-refractivity contribution is 7.47. The second kappa shape index (κ2) is 41.0. The number of carbonyl (C=O) groups excluding carboxylic acids is 2. The minimum Gasteiger partial charge on any atom is -0.462 e. The minimum absolute atomic E-state index is 0.00970. The molecule has 1 unspecified atom stereocenters. The molecule has 0 rings (SSSR count). The van der Waals surface area contributed by atoms with E-state index in [2.05, 4.69) is 123 Å². The summed E-state index contributed by atoms with van der Waals surface area (Å²) in [4.78, 5) is 35.4. The number of phosphoric acid groups is 1. The van der Waals surface area contributed by atoms with Crippen LogP contribution in [0.2, 0.25) is 0 Å². The van der Waals surface area contributed by atoms with E-state index in [1.165, 1.54) is 25.7 Å². The third kappa shape index (κ3) is 44.2. The Morgan fingerprint density at radius 1 is 0.533 bits per heavy atom. The summed E-state index contributed by atoms with van der Waals surface area (Å²) in [6, 6.07) is 0. The Hall–Kier alpha value is -3.33. The lowest BCUT2D eigenvalue weighted by molar-refractivity contribution is -0.870. The molecule has 1 N–H and O–H groups in total. The summed E-state index contributed by atoms with van der Waals surface area (Å²) in [7, 11) is 1.40. The molecule has 2 atom stereocenters. The number of phosphoric ester groups is 1. The highest BCUT2D eigenvalue weighted by Crippen LogP contribution is 2.43. The van der Waals surface area contributed by atoms with Crippen LogP contribution in [0.3, 0.4) is 0 Å². The molecular weight excluding hydrogens is 774 g/mol. The number of rotatable bonds is 39. The van der Waals surface area contributed by atoms with Gasteiger partial charge >= 0.3 is 19.8 Å². The standard InChI is InChI=1S/C50H82NO8P/c1-6-8-10-12-14-16-18-20-22-24-25-27-29-31-33-35-37-39-41-43-50(53)59-48(47-58-60(54,55)57-45-44-51(3,4)5)46-56-49(52)42-40-38-36-34-32-30-28-26-23-21-19-17-15-13-11-9-7-2/h8,10,14-17,20-23,25,27-28,30-31,33-34,36,48H,6-7,9,11-13,18-19,24,26,29,32,35,37-47H2,1-5H3/p+1/b10-8+,16-14+,17-15+,22-20+,23-21+,27-25+,30-28+,33-31+,36-34+/t48-/m1/s1. The third-order valence-electron chi connectivity index (χ3n) is 8.79. The zero-order valence-electron chi connectivity index (χ0n) is 38.1. The first-order chi connectivity index (χ1) is 29.0. The molecule has 60 heavy (non-hydrogen) atoms. The maximum absolute atomic E-state index is 12.7. The molecule has 340 valence electrons. The van der Waals surface area contributed by atoms with Gasteiger partial charge in [-0.15, -0.1) is 0 Å². The Balaban J connectivity index is 4.53. The van der Waals surface area contributed by atoms with Crippen molar-refractivity contribution in [1.29, 1.82) is 0 Å². The van der Waals surface area contributed by atoms with Crippen molar-refractivity contribution in [2.75, 3.05) is 47.5 Å². The topological polar surface area (TPSA) is 108 Å². The fourth-order valence-electron chi connectivity index (χ4n) is 5.27. The zero-order chi connectivity index (χ0) is 44.3. The third-order valence-corrected chi connectivity index (χ3v) is 9.77. The first kappa shape index (κ1) is 56.7. The molecular formula is C50H83NO8P+. The molecule has 0 aliphatic carbocycles. The van der Waals surface area contributed by atoms with E-state index in [0.29, 0.717) is 23.9 Å². The lowest BCUT2D eigenvalue weighted by atomic mass is 10.1. The van der Waals surface area contributed by atoms with Gasteiger partial charge in [-0.25, -0.2) is 4.57 Å². The Labute approximate surface area is 366 Å². The van der Waals surface area contributed by atoms with E-state index in [4.69, 9.17) is 18.5 Å². The van der Waals surface area contributed by atoms with Gasteiger partial charge in [0.05, 0.1) is 27.7 Å². The molecule has 0 aliphatic rings. The van der Waals surface area contributed by atoms with E-state index in [9.17, 15) is 19.0 Å². The second-order valence-corrected chi connectivity index (χ2v) is 17.1. The van der Waals surface area contributed by atoms with Crippen LogP contribution < -0.4 is 0 Å². The van der Waals surface area contributed by atoms with Crippen LogP contribution in [0.25, 0.3) is 0 Å². The van der Waals surface area contributed by atoms with E-state index in [1.54, 1.807) is 0 Å². The lowest BCUT2D eigenvalue weighted by Crippen LogP contribution is -2.37. The van der Waals surface area contributed by atoms with Crippen molar-refractivity contribution in [3.05, 3.63) is 109 Å². The van der Waals surface area contributed by atoms with Crippen molar-refractivity contribution in [1.82, 2.24) is 0 Å². The number of allylic oxidation sites excluding steroid dienone is 18. The molecule has 0 fully saturated rings. The highest BCUT2D eigenvalue weighted by atomic mass is 31.2. The van der Waals surface area contributed by atoms with Gasteiger partial charge in [-0.1, -0.05) is 142 Å². The van der Waals surface area contributed by atoms with Gasteiger partial charge in [0, 0.05) is 12.8 Å².